The number of allylic oxidation sites excluding steroid dienone is 2. The van der Waals surface area contributed by atoms with E-state index >= 15 is 0 Å². The summed E-state index contributed by atoms with van der Waals surface area (Å²) in [4.78, 5) is 2.67. The Labute approximate surface area is 125 Å². The fraction of sp³-hybridized carbons (Fsp3) is 0.895. The summed E-state index contributed by atoms with van der Waals surface area (Å²) in [5.74, 6) is 0.910. The van der Waals surface area contributed by atoms with Crippen molar-refractivity contribution in [3.63, 3.8) is 0 Å². The van der Waals surface area contributed by atoms with E-state index in [0.29, 0.717) is 5.54 Å². The minimum absolute atomic E-state index is 0.361. The summed E-state index contributed by atoms with van der Waals surface area (Å²) < 4.78 is 0. The first-order valence-electron chi connectivity index (χ1n) is 8.93. The van der Waals surface area contributed by atoms with Crippen molar-refractivity contribution in [2.24, 2.45) is 11.3 Å². The molecule has 0 aromatic rings. The minimum Gasteiger partial charge on any atom is -0.298 e. The van der Waals surface area contributed by atoms with Crippen molar-refractivity contribution in [1.82, 2.24) is 4.90 Å². The smallest absolute Gasteiger partial charge is 0.0125 e. The molecule has 1 saturated carbocycles. The molecule has 1 saturated heterocycles. The maximum Gasteiger partial charge on any atom is 0.0125 e. The van der Waals surface area contributed by atoms with E-state index in [0.717, 1.165) is 11.3 Å². The van der Waals surface area contributed by atoms with E-state index < -0.39 is 0 Å². The van der Waals surface area contributed by atoms with Crippen LogP contribution in [0.2, 0.25) is 0 Å². The molecule has 3 aliphatic rings. The van der Waals surface area contributed by atoms with Gasteiger partial charge in [-0.3, -0.25) is 4.90 Å². The van der Waals surface area contributed by atoms with Crippen molar-refractivity contribution >= 4 is 0 Å². The van der Waals surface area contributed by atoms with E-state index in [9.17, 15) is 0 Å². The standard InChI is InChI=1S/C19H33N/c1-18(2,3)20-14-8-17(9-15-20)16-6-12-19(13-7-16)10-4-5-11-19/h6,17H,4-5,7-15H2,1-3H3. The Morgan fingerprint density at radius 3 is 2.20 bits per heavy atom. The summed E-state index contributed by atoms with van der Waals surface area (Å²) in [7, 11) is 0. The zero-order valence-corrected chi connectivity index (χ0v) is 13.9. The Bertz CT molecular complexity index is 360. The van der Waals surface area contributed by atoms with Crippen molar-refractivity contribution in [3.05, 3.63) is 11.6 Å². The number of likely N-dealkylation sites (tertiary alicyclic amines) is 1. The highest BCUT2D eigenvalue weighted by Gasteiger charge is 2.36. The van der Waals surface area contributed by atoms with Crippen LogP contribution in [0.3, 0.4) is 0 Å². The largest absolute Gasteiger partial charge is 0.298 e. The topological polar surface area (TPSA) is 3.24 Å². The van der Waals surface area contributed by atoms with Crippen LogP contribution in [-0.2, 0) is 0 Å². The van der Waals surface area contributed by atoms with Crippen LogP contribution in [0, 0.1) is 11.3 Å². The van der Waals surface area contributed by atoms with Gasteiger partial charge >= 0.3 is 0 Å². The average molecular weight is 275 g/mol. The Balaban J connectivity index is 1.55. The van der Waals surface area contributed by atoms with E-state index in [-0.39, 0.29) is 0 Å². The molecule has 2 fully saturated rings. The zero-order valence-electron chi connectivity index (χ0n) is 13.9. The van der Waals surface area contributed by atoms with Crippen LogP contribution in [-0.4, -0.2) is 23.5 Å². The molecule has 20 heavy (non-hydrogen) atoms. The first-order valence-corrected chi connectivity index (χ1v) is 8.93. The van der Waals surface area contributed by atoms with E-state index in [4.69, 9.17) is 0 Å². The van der Waals surface area contributed by atoms with Gasteiger partial charge < -0.3 is 0 Å². The molecule has 0 atom stereocenters. The lowest BCUT2D eigenvalue weighted by atomic mass is 9.70. The fourth-order valence-electron chi connectivity index (χ4n) is 4.83. The molecule has 0 bridgehead atoms. The van der Waals surface area contributed by atoms with Gasteiger partial charge in [-0.1, -0.05) is 24.5 Å². The molecule has 0 amide bonds. The molecule has 114 valence electrons. The van der Waals surface area contributed by atoms with Gasteiger partial charge in [-0.15, -0.1) is 0 Å². The van der Waals surface area contributed by atoms with Gasteiger partial charge in [0, 0.05) is 5.54 Å². The highest BCUT2D eigenvalue weighted by atomic mass is 15.2. The van der Waals surface area contributed by atoms with Gasteiger partial charge in [0.1, 0.15) is 0 Å². The maximum atomic E-state index is 2.67. The third-order valence-corrected chi connectivity index (χ3v) is 6.37. The lowest BCUT2D eigenvalue weighted by Crippen LogP contribution is -2.46. The highest BCUT2D eigenvalue weighted by molar-refractivity contribution is 5.15. The number of nitrogens with zero attached hydrogens (tertiary/aromatic N) is 1. The van der Waals surface area contributed by atoms with Gasteiger partial charge in [-0.05, 0) is 90.1 Å². The molecular weight excluding hydrogens is 242 g/mol. The van der Waals surface area contributed by atoms with Gasteiger partial charge in [0.05, 0.1) is 0 Å². The molecule has 1 aliphatic heterocycles. The lowest BCUT2D eigenvalue weighted by Gasteiger charge is -2.42. The number of hydrogen-bond donors (Lipinski definition) is 0. The molecule has 0 radical (unpaired) electrons. The number of piperidine rings is 1. The third kappa shape index (κ3) is 2.98. The van der Waals surface area contributed by atoms with Gasteiger partial charge in [-0.2, -0.15) is 0 Å². The molecule has 2 aliphatic carbocycles. The normalized spacial score (nSPS) is 28.9. The van der Waals surface area contributed by atoms with E-state index in [1.165, 1.54) is 70.9 Å². The van der Waals surface area contributed by atoms with Crippen LogP contribution in [0.15, 0.2) is 11.6 Å². The van der Waals surface area contributed by atoms with Crippen LogP contribution in [0.1, 0.15) is 78.6 Å². The quantitative estimate of drug-likeness (QED) is 0.597. The molecule has 1 heterocycles. The molecule has 0 unspecified atom stereocenters. The zero-order chi connectivity index (χ0) is 14.2. The van der Waals surface area contributed by atoms with Crippen molar-refractivity contribution in [2.45, 2.75) is 84.1 Å². The average Bonchev–Trinajstić information content (AvgIpc) is 2.87. The van der Waals surface area contributed by atoms with Crippen molar-refractivity contribution in [2.75, 3.05) is 13.1 Å². The lowest BCUT2D eigenvalue weighted by molar-refractivity contribution is 0.0927. The molecule has 0 aromatic carbocycles. The Kier molecular flexibility index (Phi) is 4.01. The van der Waals surface area contributed by atoms with Crippen LogP contribution in [0.5, 0.6) is 0 Å². The second-order valence-electron chi connectivity index (χ2n) is 8.62. The van der Waals surface area contributed by atoms with E-state index in [1.807, 2.05) is 5.57 Å². The molecule has 1 heteroatoms. The number of hydrogen-bond acceptors (Lipinski definition) is 1. The summed E-state index contributed by atoms with van der Waals surface area (Å²) in [5.41, 5.74) is 2.94. The van der Waals surface area contributed by atoms with Gasteiger partial charge in [-0.25, -0.2) is 0 Å². The van der Waals surface area contributed by atoms with Crippen molar-refractivity contribution in [1.29, 1.82) is 0 Å². The molecular formula is C19H33N. The summed E-state index contributed by atoms with van der Waals surface area (Å²) in [5, 5.41) is 0. The molecule has 1 spiro atoms. The number of rotatable bonds is 1. The van der Waals surface area contributed by atoms with Crippen molar-refractivity contribution < 1.29 is 0 Å². The maximum absolute atomic E-state index is 2.67. The van der Waals surface area contributed by atoms with E-state index in [1.54, 1.807) is 0 Å². The van der Waals surface area contributed by atoms with Gasteiger partial charge in [0.2, 0.25) is 0 Å². The Morgan fingerprint density at radius 2 is 1.70 bits per heavy atom. The van der Waals surface area contributed by atoms with Gasteiger partial charge in [0.15, 0.2) is 0 Å². The summed E-state index contributed by atoms with van der Waals surface area (Å²) >= 11 is 0. The second-order valence-corrected chi connectivity index (χ2v) is 8.62. The first kappa shape index (κ1) is 14.6. The SMILES string of the molecule is CC(C)(C)N1CCC(C2=CCC3(CCCC3)CC2)CC1. The summed E-state index contributed by atoms with van der Waals surface area (Å²) in [6.45, 7) is 9.68. The predicted octanol–water partition coefficient (Wildman–Crippen LogP) is 5.17. The molecule has 1 nitrogen and oxygen atoms in total. The van der Waals surface area contributed by atoms with Crippen LogP contribution in [0.4, 0.5) is 0 Å². The van der Waals surface area contributed by atoms with Crippen LogP contribution in [0.25, 0.3) is 0 Å². The third-order valence-electron chi connectivity index (χ3n) is 6.37. The summed E-state index contributed by atoms with van der Waals surface area (Å²) in [6.07, 6.45) is 15.8. The minimum atomic E-state index is 0.361. The Hall–Kier alpha value is -0.300. The van der Waals surface area contributed by atoms with Crippen LogP contribution >= 0.6 is 0 Å². The Morgan fingerprint density at radius 1 is 1.05 bits per heavy atom. The monoisotopic (exact) mass is 275 g/mol. The van der Waals surface area contributed by atoms with Crippen molar-refractivity contribution in [3.8, 4) is 0 Å². The summed E-state index contributed by atoms with van der Waals surface area (Å²) in [6, 6.07) is 0. The van der Waals surface area contributed by atoms with Crippen LogP contribution < -0.4 is 0 Å². The highest BCUT2D eigenvalue weighted by Crippen LogP contribution is 2.49. The first-order chi connectivity index (χ1) is 9.49. The van der Waals surface area contributed by atoms with E-state index in [2.05, 4.69) is 31.7 Å². The molecule has 3 rings (SSSR count). The molecule has 0 N–H and O–H groups in total. The second kappa shape index (κ2) is 5.48. The van der Waals surface area contributed by atoms with Gasteiger partial charge in [0.25, 0.3) is 0 Å². The fourth-order valence-corrected chi connectivity index (χ4v) is 4.83. The predicted molar refractivity (Wildman–Crippen MR) is 86.9 cm³/mol. The molecule has 0 aromatic heterocycles.